The molecule has 0 atom stereocenters. The Morgan fingerprint density at radius 3 is 2.64 bits per heavy atom. The van der Waals surface area contributed by atoms with E-state index in [0.29, 0.717) is 6.54 Å². The number of nitrogens with zero attached hydrogens (tertiary/aromatic N) is 3. The van der Waals surface area contributed by atoms with E-state index in [1.54, 1.807) is 18.5 Å². The number of nitrogens with one attached hydrogen (secondary N) is 2. The van der Waals surface area contributed by atoms with Crippen LogP contribution in [0.1, 0.15) is 19.3 Å². The van der Waals surface area contributed by atoms with Gasteiger partial charge in [-0.2, -0.15) is 0 Å². The van der Waals surface area contributed by atoms with Crippen LogP contribution in [0.15, 0.2) is 31.1 Å². The summed E-state index contributed by atoms with van der Waals surface area (Å²) in [6.07, 6.45) is 6.66. The zero-order chi connectivity index (χ0) is 15.8. The van der Waals surface area contributed by atoms with Gasteiger partial charge in [-0.25, -0.2) is 9.97 Å². The molecule has 7 heteroatoms. The lowest BCUT2D eigenvalue weighted by atomic mass is 10.1. The van der Waals surface area contributed by atoms with Gasteiger partial charge in [0.1, 0.15) is 0 Å². The summed E-state index contributed by atoms with van der Waals surface area (Å²) in [4.78, 5) is 33.4. The lowest BCUT2D eigenvalue weighted by Gasteiger charge is -2.32. The minimum absolute atomic E-state index is 0.0428. The molecule has 22 heavy (non-hydrogen) atoms. The second-order valence-electron chi connectivity index (χ2n) is 5.12. The summed E-state index contributed by atoms with van der Waals surface area (Å²) in [6, 6.07) is 1.96. The third-order valence-corrected chi connectivity index (χ3v) is 3.53. The number of carbonyl (C=O) groups is 2. The first kappa shape index (κ1) is 15.9. The summed E-state index contributed by atoms with van der Waals surface area (Å²) in [6.45, 7) is 5.33. The molecular formula is C15H21N5O2. The van der Waals surface area contributed by atoms with Crippen LogP contribution in [-0.4, -0.2) is 47.5 Å². The van der Waals surface area contributed by atoms with E-state index in [-0.39, 0.29) is 24.3 Å². The van der Waals surface area contributed by atoms with Crippen LogP contribution < -0.4 is 15.5 Å². The van der Waals surface area contributed by atoms with Crippen molar-refractivity contribution in [1.29, 1.82) is 0 Å². The molecule has 1 aromatic rings. The summed E-state index contributed by atoms with van der Waals surface area (Å²) >= 11 is 0. The lowest BCUT2D eigenvalue weighted by Crippen LogP contribution is -2.45. The zero-order valence-electron chi connectivity index (χ0n) is 12.5. The van der Waals surface area contributed by atoms with E-state index in [1.807, 2.05) is 0 Å². The molecule has 2 N–H and O–H groups in total. The Balaban J connectivity index is 1.68. The van der Waals surface area contributed by atoms with Gasteiger partial charge in [0.25, 0.3) is 0 Å². The maximum Gasteiger partial charge on any atom is 0.243 e. The molecule has 1 aliphatic rings. The molecule has 0 spiro atoms. The van der Waals surface area contributed by atoms with Crippen LogP contribution in [0.25, 0.3) is 0 Å². The number of aromatic nitrogens is 2. The van der Waals surface area contributed by atoms with Crippen LogP contribution in [0.3, 0.4) is 0 Å². The van der Waals surface area contributed by atoms with Crippen molar-refractivity contribution < 1.29 is 9.59 Å². The van der Waals surface area contributed by atoms with Crippen molar-refractivity contribution >= 4 is 17.8 Å². The third-order valence-electron chi connectivity index (χ3n) is 3.53. The maximum atomic E-state index is 11.8. The Bertz CT molecular complexity index is 512. The molecule has 7 nitrogen and oxygen atoms in total. The molecule has 1 fully saturated rings. The fourth-order valence-corrected chi connectivity index (χ4v) is 2.35. The largest absolute Gasteiger partial charge is 0.353 e. The van der Waals surface area contributed by atoms with Gasteiger partial charge >= 0.3 is 0 Å². The predicted molar refractivity (Wildman–Crippen MR) is 83.2 cm³/mol. The minimum Gasteiger partial charge on any atom is -0.353 e. The molecule has 0 aliphatic carbocycles. The SMILES string of the molecule is C=CC(=O)NCCC(=O)NC1CCN(c2ncccn2)CC1. The fraction of sp³-hybridized carbons (Fsp3) is 0.467. The predicted octanol–water partition coefficient (Wildman–Crippen LogP) is 0.254. The molecule has 0 radical (unpaired) electrons. The molecular weight excluding hydrogens is 282 g/mol. The Labute approximate surface area is 129 Å². The highest BCUT2D eigenvalue weighted by molar-refractivity contribution is 5.87. The van der Waals surface area contributed by atoms with Crippen LogP contribution in [0.4, 0.5) is 5.95 Å². The Kier molecular flexibility index (Phi) is 5.88. The zero-order valence-corrected chi connectivity index (χ0v) is 12.5. The van der Waals surface area contributed by atoms with Crippen molar-refractivity contribution in [1.82, 2.24) is 20.6 Å². The molecule has 2 rings (SSSR count). The first-order valence-electron chi connectivity index (χ1n) is 7.40. The van der Waals surface area contributed by atoms with Gasteiger partial charge in [0.05, 0.1) is 0 Å². The van der Waals surface area contributed by atoms with Crippen molar-refractivity contribution in [2.24, 2.45) is 0 Å². The van der Waals surface area contributed by atoms with Gasteiger partial charge in [0.2, 0.25) is 17.8 Å². The lowest BCUT2D eigenvalue weighted by molar-refractivity contribution is -0.122. The number of hydrogen-bond donors (Lipinski definition) is 2. The van der Waals surface area contributed by atoms with E-state index in [0.717, 1.165) is 31.9 Å². The molecule has 2 heterocycles. The van der Waals surface area contributed by atoms with Gasteiger partial charge in [0, 0.05) is 44.5 Å². The quantitative estimate of drug-likeness (QED) is 0.736. The second kappa shape index (κ2) is 8.11. The summed E-state index contributed by atoms with van der Waals surface area (Å²) in [7, 11) is 0. The smallest absolute Gasteiger partial charge is 0.243 e. The highest BCUT2D eigenvalue weighted by atomic mass is 16.2. The van der Waals surface area contributed by atoms with E-state index in [4.69, 9.17) is 0 Å². The molecule has 0 bridgehead atoms. The van der Waals surface area contributed by atoms with Crippen LogP contribution in [0.5, 0.6) is 0 Å². The Morgan fingerprint density at radius 1 is 1.32 bits per heavy atom. The van der Waals surface area contributed by atoms with Crippen molar-refractivity contribution in [3.8, 4) is 0 Å². The minimum atomic E-state index is -0.260. The maximum absolute atomic E-state index is 11.8. The van der Waals surface area contributed by atoms with Crippen LogP contribution in [0.2, 0.25) is 0 Å². The number of rotatable bonds is 6. The monoisotopic (exact) mass is 303 g/mol. The van der Waals surface area contributed by atoms with Gasteiger partial charge in [-0.3, -0.25) is 9.59 Å². The standard InChI is InChI=1S/C15H21N5O2/c1-2-13(21)16-9-4-14(22)19-12-5-10-20(11-6-12)15-17-7-3-8-18-15/h2-3,7-8,12H,1,4-6,9-11H2,(H,16,21)(H,19,22). The van der Waals surface area contributed by atoms with Crippen molar-refractivity contribution in [2.75, 3.05) is 24.5 Å². The van der Waals surface area contributed by atoms with Gasteiger partial charge in [-0.05, 0) is 25.0 Å². The van der Waals surface area contributed by atoms with Crippen molar-refractivity contribution in [2.45, 2.75) is 25.3 Å². The van der Waals surface area contributed by atoms with Gasteiger partial charge in [0.15, 0.2) is 0 Å². The molecule has 1 saturated heterocycles. The van der Waals surface area contributed by atoms with E-state index >= 15 is 0 Å². The van der Waals surface area contributed by atoms with E-state index in [2.05, 4.69) is 32.1 Å². The summed E-state index contributed by atoms with van der Waals surface area (Å²) in [5, 5.41) is 5.59. The molecule has 2 amide bonds. The first-order chi connectivity index (χ1) is 10.7. The summed E-state index contributed by atoms with van der Waals surface area (Å²) in [5.41, 5.74) is 0. The van der Waals surface area contributed by atoms with Crippen LogP contribution in [0, 0.1) is 0 Å². The van der Waals surface area contributed by atoms with Gasteiger partial charge < -0.3 is 15.5 Å². The van der Waals surface area contributed by atoms with Crippen LogP contribution >= 0.6 is 0 Å². The van der Waals surface area contributed by atoms with Crippen LogP contribution in [-0.2, 0) is 9.59 Å². The summed E-state index contributed by atoms with van der Waals surface area (Å²) in [5.74, 6) is 0.433. The van der Waals surface area contributed by atoms with Gasteiger partial charge in [-0.1, -0.05) is 6.58 Å². The van der Waals surface area contributed by atoms with Crippen molar-refractivity contribution in [3.05, 3.63) is 31.1 Å². The average Bonchev–Trinajstić information content (AvgIpc) is 2.56. The second-order valence-corrected chi connectivity index (χ2v) is 5.12. The molecule has 0 aromatic carbocycles. The average molecular weight is 303 g/mol. The highest BCUT2D eigenvalue weighted by Crippen LogP contribution is 2.15. The fourth-order valence-electron chi connectivity index (χ4n) is 2.35. The van der Waals surface area contributed by atoms with E-state index in [9.17, 15) is 9.59 Å². The number of piperidine rings is 1. The normalized spacial score (nSPS) is 15.2. The van der Waals surface area contributed by atoms with E-state index < -0.39 is 0 Å². The Hall–Kier alpha value is -2.44. The summed E-state index contributed by atoms with van der Waals surface area (Å²) < 4.78 is 0. The highest BCUT2D eigenvalue weighted by Gasteiger charge is 2.21. The van der Waals surface area contributed by atoms with Gasteiger partial charge in [-0.15, -0.1) is 0 Å². The molecule has 0 saturated carbocycles. The number of anilines is 1. The molecule has 0 unspecified atom stereocenters. The topological polar surface area (TPSA) is 87.2 Å². The first-order valence-corrected chi connectivity index (χ1v) is 7.40. The molecule has 1 aliphatic heterocycles. The third kappa shape index (κ3) is 4.83. The van der Waals surface area contributed by atoms with Crippen molar-refractivity contribution in [3.63, 3.8) is 0 Å². The number of hydrogen-bond acceptors (Lipinski definition) is 5. The number of amides is 2. The molecule has 118 valence electrons. The number of carbonyl (C=O) groups excluding carboxylic acids is 2. The Morgan fingerprint density at radius 2 is 2.00 bits per heavy atom. The van der Waals surface area contributed by atoms with E-state index in [1.165, 1.54) is 6.08 Å². The molecule has 1 aromatic heterocycles.